The Balaban J connectivity index is 2.22. The molecule has 0 aliphatic heterocycles. The van der Waals surface area contributed by atoms with Crippen LogP contribution in [0.4, 0.5) is 5.82 Å². The monoisotopic (exact) mass is 250 g/mol. The van der Waals surface area contributed by atoms with Gasteiger partial charge in [0.05, 0.1) is 5.39 Å². The molecule has 0 atom stereocenters. The molecule has 0 amide bonds. The highest BCUT2D eigenvalue weighted by Crippen LogP contribution is 2.28. The van der Waals surface area contributed by atoms with Crippen molar-refractivity contribution < 1.29 is 0 Å². The van der Waals surface area contributed by atoms with Crippen LogP contribution in [0.3, 0.4) is 0 Å². The van der Waals surface area contributed by atoms with E-state index in [1.807, 2.05) is 0 Å². The molecule has 5 heteroatoms. The Morgan fingerprint density at radius 3 is 3.00 bits per heavy atom. The van der Waals surface area contributed by atoms with Crippen molar-refractivity contribution in [3.63, 3.8) is 0 Å². The Morgan fingerprint density at radius 1 is 1.41 bits per heavy atom. The minimum absolute atomic E-state index is 0.953. The molecular weight excluding hydrogens is 232 g/mol. The van der Waals surface area contributed by atoms with Gasteiger partial charge in [-0.2, -0.15) is 0 Å². The molecule has 0 fully saturated rings. The quantitative estimate of drug-likeness (QED) is 0.825. The van der Waals surface area contributed by atoms with Crippen LogP contribution in [-0.4, -0.2) is 36.6 Å². The van der Waals surface area contributed by atoms with Crippen LogP contribution in [0.2, 0.25) is 0 Å². The summed E-state index contributed by atoms with van der Waals surface area (Å²) in [7, 11) is 2.08. The SMILES string of the molecule is CCNCCN(C)c1ncnc2sc(C)cc12. The van der Waals surface area contributed by atoms with Crippen LogP contribution in [0.25, 0.3) is 10.2 Å². The fourth-order valence-corrected chi connectivity index (χ4v) is 2.64. The van der Waals surface area contributed by atoms with Crippen molar-refractivity contribution in [3.8, 4) is 0 Å². The molecular formula is C12H18N4S. The Morgan fingerprint density at radius 2 is 2.24 bits per heavy atom. The maximum absolute atomic E-state index is 4.39. The van der Waals surface area contributed by atoms with Crippen molar-refractivity contribution in [2.45, 2.75) is 13.8 Å². The minimum Gasteiger partial charge on any atom is -0.358 e. The van der Waals surface area contributed by atoms with Gasteiger partial charge < -0.3 is 10.2 Å². The smallest absolute Gasteiger partial charge is 0.140 e. The zero-order chi connectivity index (χ0) is 12.3. The van der Waals surface area contributed by atoms with E-state index in [-0.39, 0.29) is 0 Å². The lowest BCUT2D eigenvalue weighted by atomic mass is 10.3. The molecule has 2 rings (SSSR count). The van der Waals surface area contributed by atoms with Crippen LogP contribution < -0.4 is 10.2 Å². The predicted octanol–water partition coefficient (Wildman–Crippen LogP) is 2.05. The van der Waals surface area contributed by atoms with Crippen molar-refractivity contribution in [1.29, 1.82) is 0 Å². The Labute approximate surface area is 106 Å². The number of anilines is 1. The molecule has 0 saturated heterocycles. The number of aryl methyl sites for hydroxylation is 1. The number of likely N-dealkylation sites (N-methyl/N-ethyl adjacent to an activating group) is 2. The number of hydrogen-bond acceptors (Lipinski definition) is 5. The summed E-state index contributed by atoms with van der Waals surface area (Å²) in [6.45, 7) is 7.15. The zero-order valence-corrected chi connectivity index (χ0v) is 11.3. The van der Waals surface area contributed by atoms with Gasteiger partial charge in [-0.15, -0.1) is 11.3 Å². The van der Waals surface area contributed by atoms with E-state index in [2.05, 4.69) is 47.1 Å². The maximum Gasteiger partial charge on any atom is 0.140 e. The third-order valence-corrected chi connectivity index (χ3v) is 3.63. The molecule has 0 radical (unpaired) electrons. The summed E-state index contributed by atoms with van der Waals surface area (Å²) in [5, 5.41) is 4.48. The van der Waals surface area contributed by atoms with Crippen LogP contribution in [0.5, 0.6) is 0 Å². The Hall–Kier alpha value is -1.20. The number of nitrogens with zero attached hydrogens (tertiary/aromatic N) is 3. The molecule has 0 bridgehead atoms. The molecule has 2 aromatic heterocycles. The second-order valence-corrected chi connectivity index (χ2v) is 5.28. The van der Waals surface area contributed by atoms with Crippen LogP contribution in [0, 0.1) is 6.92 Å². The highest BCUT2D eigenvalue weighted by Gasteiger charge is 2.10. The lowest BCUT2D eigenvalue weighted by Crippen LogP contribution is -2.29. The van der Waals surface area contributed by atoms with Gasteiger partial charge in [-0.25, -0.2) is 9.97 Å². The van der Waals surface area contributed by atoms with Crippen molar-refractivity contribution in [2.75, 3.05) is 31.6 Å². The van der Waals surface area contributed by atoms with Gasteiger partial charge in [0, 0.05) is 25.0 Å². The van der Waals surface area contributed by atoms with Crippen LogP contribution in [0.15, 0.2) is 12.4 Å². The standard InChI is InChI=1S/C12H18N4S/c1-4-13-5-6-16(3)11-10-7-9(2)17-12(10)15-8-14-11/h7-8,13H,4-6H2,1-3H3. The van der Waals surface area contributed by atoms with Crippen LogP contribution in [0.1, 0.15) is 11.8 Å². The second-order valence-electron chi connectivity index (χ2n) is 4.05. The summed E-state index contributed by atoms with van der Waals surface area (Å²) in [5.74, 6) is 1.03. The average Bonchev–Trinajstić information content (AvgIpc) is 2.69. The summed E-state index contributed by atoms with van der Waals surface area (Å²) in [5.41, 5.74) is 0. The summed E-state index contributed by atoms with van der Waals surface area (Å²) in [4.78, 5) is 13.2. The number of rotatable bonds is 5. The molecule has 0 unspecified atom stereocenters. The van der Waals surface area contributed by atoms with E-state index < -0.39 is 0 Å². The van der Waals surface area contributed by atoms with Gasteiger partial charge in [0.15, 0.2) is 0 Å². The number of aromatic nitrogens is 2. The van der Waals surface area contributed by atoms with E-state index in [0.29, 0.717) is 0 Å². The number of nitrogens with one attached hydrogen (secondary N) is 1. The van der Waals surface area contributed by atoms with E-state index in [4.69, 9.17) is 0 Å². The first-order valence-corrected chi connectivity index (χ1v) is 6.67. The van der Waals surface area contributed by atoms with Crippen molar-refractivity contribution in [2.24, 2.45) is 0 Å². The molecule has 2 aromatic rings. The lowest BCUT2D eigenvalue weighted by molar-refractivity contribution is 0.703. The van der Waals surface area contributed by atoms with Crippen LogP contribution >= 0.6 is 11.3 Å². The third-order valence-electron chi connectivity index (χ3n) is 2.67. The van der Waals surface area contributed by atoms with E-state index in [1.165, 1.54) is 4.88 Å². The van der Waals surface area contributed by atoms with Crippen molar-refractivity contribution in [3.05, 3.63) is 17.3 Å². The Bertz CT molecular complexity index is 494. The van der Waals surface area contributed by atoms with Crippen LogP contribution in [-0.2, 0) is 0 Å². The number of thiophene rings is 1. The maximum atomic E-state index is 4.39. The van der Waals surface area contributed by atoms with E-state index >= 15 is 0 Å². The first-order chi connectivity index (χ1) is 8.22. The lowest BCUT2D eigenvalue weighted by Gasteiger charge is -2.18. The largest absolute Gasteiger partial charge is 0.358 e. The molecule has 0 spiro atoms. The fourth-order valence-electron chi connectivity index (χ4n) is 1.80. The molecule has 0 aliphatic rings. The molecule has 92 valence electrons. The van der Waals surface area contributed by atoms with Crippen molar-refractivity contribution in [1.82, 2.24) is 15.3 Å². The van der Waals surface area contributed by atoms with Gasteiger partial charge in [0.25, 0.3) is 0 Å². The highest BCUT2D eigenvalue weighted by atomic mass is 32.1. The molecule has 0 aromatic carbocycles. The third kappa shape index (κ3) is 2.73. The average molecular weight is 250 g/mol. The summed E-state index contributed by atoms with van der Waals surface area (Å²) >= 11 is 1.72. The normalized spacial score (nSPS) is 11.0. The molecule has 2 heterocycles. The molecule has 4 nitrogen and oxygen atoms in total. The number of hydrogen-bond donors (Lipinski definition) is 1. The Kier molecular flexibility index (Phi) is 3.91. The van der Waals surface area contributed by atoms with Gasteiger partial charge in [-0.3, -0.25) is 0 Å². The van der Waals surface area contributed by atoms with Crippen molar-refractivity contribution >= 4 is 27.4 Å². The van der Waals surface area contributed by atoms with Gasteiger partial charge in [0.1, 0.15) is 17.0 Å². The first kappa shape index (κ1) is 12.3. The summed E-state index contributed by atoms with van der Waals surface area (Å²) < 4.78 is 0. The second kappa shape index (κ2) is 5.42. The zero-order valence-electron chi connectivity index (χ0n) is 10.5. The molecule has 0 saturated carbocycles. The number of fused-ring (bicyclic) bond motifs is 1. The molecule has 0 aliphatic carbocycles. The fraction of sp³-hybridized carbons (Fsp3) is 0.500. The summed E-state index contributed by atoms with van der Waals surface area (Å²) in [6, 6.07) is 2.17. The van der Waals surface area contributed by atoms with Gasteiger partial charge >= 0.3 is 0 Å². The highest BCUT2D eigenvalue weighted by molar-refractivity contribution is 7.18. The topological polar surface area (TPSA) is 41.0 Å². The van der Waals surface area contributed by atoms with E-state index in [0.717, 1.165) is 35.7 Å². The van der Waals surface area contributed by atoms with Gasteiger partial charge in [-0.1, -0.05) is 6.92 Å². The summed E-state index contributed by atoms with van der Waals surface area (Å²) in [6.07, 6.45) is 1.65. The predicted molar refractivity (Wildman–Crippen MR) is 74.0 cm³/mol. The van der Waals surface area contributed by atoms with Gasteiger partial charge in [0.2, 0.25) is 0 Å². The minimum atomic E-state index is 0.953. The van der Waals surface area contributed by atoms with Gasteiger partial charge in [-0.05, 0) is 19.5 Å². The first-order valence-electron chi connectivity index (χ1n) is 5.85. The van der Waals surface area contributed by atoms with E-state index in [1.54, 1.807) is 17.7 Å². The molecule has 1 N–H and O–H groups in total. The molecule has 17 heavy (non-hydrogen) atoms. The van der Waals surface area contributed by atoms with E-state index in [9.17, 15) is 0 Å².